The molecule has 1 aromatic carbocycles. The molecule has 0 unspecified atom stereocenters. The third kappa shape index (κ3) is 2.33. The molecule has 0 radical (unpaired) electrons. The Bertz CT molecular complexity index is 632. The van der Waals surface area contributed by atoms with Gasteiger partial charge in [-0.2, -0.15) is 18.3 Å². The van der Waals surface area contributed by atoms with Crippen LogP contribution in [0.5, 0.6) is 0 Å². The van der Waals surface area contributed by atoms with Gasteiger partial charge in [-0.1, -0.05) is 0 Å². The van der Waals surface area contributed by atoms with Gasteiger partial charge in [0.05, 0.1) is 17.3 Å². The Morgan fingerprint density at radius 3 is 2.75 bits per heavy atom. The molecule has 2 heterocycles. The van der Waals surface area contributed by atoms with E-state index in [2.05, 4.69) is 21.0 Å². The number of aromatic nitrogens is 2. The molecule has 2 aromatic rings. The van der Waals surface area contributed by atoms with E-state index < -0.39 is 11.7 Å². The molecular formula is C13H12BrF3N2O. The summed E-state index contributed by atoms with van der Waals surface area (Å²) in [5.74, 6) is 0. The maximum atomic E-state index is 12.9. The Morgan fingerprint density at radius 1 is 1.30 bits per heavy atom. The van der Waals surface area contributed by atoms with Gasteiger partial charge in [0.1, 0.15) is 0 Å². The molecule has 3 rings (SSSR count). The normalized spacial score (nSPS) is 20.5. The van der Waals surface area contributed by atoms with Crippen LogP contribution in [0.3, 0.4) is 0 Å². The number of nitrogens with zero attached hydrogens (tertiary/aromatic N) is 2. The van der Waals surface area contributed by atoms with E-state index in [9.17, 15) is 13.2 Å². The largest absolute Gasteiger partial charge is 0.417 e. The number of alkyl halides is 3. The second-order valence-corrected chi connectivity index (χ2v) is 5.56. The Balaban J connectivity index is 2.08. The van der Waals surface area contributed by atoms with E-state index in [4.69, 9.17) is 4.74 Å². The van der Waals surface area contributed by atoms with Crippen molar-refractivity contribution >= 4 is 26.8 Å². The summed E-state index contributed by atoms with van der Waals surface area (Å²) in [6.45, 7) is 0.661. The van der Waals surface area contributed by atoms with Crippen LogP contribution < -0.4 is 0 Å². The second-order valence-electron chi connectivity index (χ2n) is 4.77. The van der Waals surface area contributed by atoms with Crippen molar-refractivity contribution in [1.82, 2.24) is 9.78 Å². The first-order chi connectivity index (χ1) is 9.48. The molecule has 0 amide bonds. The zero-order valence-corrected chi connectivity index (χ0v) is 12.0. The number of ether oxygens (including phenoxy) is 1. The van der Waals surface area contributed by atoms with E-state index in [1.165, 1.54) is 12.3 Å². The third-order valence-corrected chi connectivity index (χ3v) is 4.30. The smallest absolute Gasteiger partial charge is 0.356 e. The molecule has 0 N–H and O–H groups in total. The highest BCUT2D eigenvalue weighted by Gasteiger charge is 2.34. The van der Waals surface area contributed by atoms with Crippen molar-refractivity contribution in [1.29, 1.82) is 0 Å². The molecular weight excluding hydrogens is 337 g/mol. The summed E-state index contributed by atoms with van der Waals surface area (Å²) in [5, 5.41) is 4.65. The molecule has 0 spiro atoms. The lowest BCUT2D eigenvalue weighted by atomic mass is 10.1. The van der Waals surface area contributed by atoms with Crippen molar-refractivity contribution < 1.29 is 17.9 Å². The average Bonchev–Trinajstić information content (AvgIpc) is 2.83. The Morgan fingerprint density at radius 2 is 2.10 bits per heavy atom. The summed E-state index contributed by atoms with van der Waals surface area (Å²) in [7, 11) is 0. The van der Waals surface area contributed by atoms with Crippen LogP contribution in [0.2, 0.25) is 0 Å². The molecule has 1 aliphatic heterocycles. The van der Waals surface area contributed by atoms with Crippen LogP contribution in [-0.4, -0.2) is 16.4 Å². The minimum absolute atomic E-state index is 0.0320. The van der Waals surface area contributed by atoms with Crippen molar-refractivity contribution in [2.75, 3.05) is 6.61 Å². The highest BCUT2D eigenvalue weighted by atomic mass is 79.9. The van der Waals surface area contributed by atoms with Crippen molar-refractivity contribution in [2.45, 2.75) is 31.7 Å². The van der Waals surface area contributed by atoms with Crippen molar-refractivity contribution in [2.24, 2.45) is 0 Å². The van der Waals surface area contributed by atoms with Crippen molar-refractivity contribution in [3.05, 3.63) is 28.4 Å². The van der Waals surface area contributed by atoms with Gasteiger partial charge in [0, 0.05) is 16.5 Å². The van der Waals surface area contributed by atoms with Crippen LogP contribution in [0, 0.1) is 0 Å². The fraction of sp³-hybridized carbons (Fsp3) is 0.462. The maximum Gasteiger partial charge on any atom is 0.417 e. The summed E-state index contributed by atoms with van der Waals surface area (Å²) < 4.78 is 45.9. The first-order valence-corrected chi connectivity index (χ1v) is 7.12. The summed E-state index contributed by atoms with van der Waals surface area (Å²) in [4.78, 5) is 0. The fourth-order valence-corrected chi connectivity index (χ4v) is 3.11. The third-order valence-electron chi connectivity index (χ3n) is 3.45. The van der Waals surface area contributed by atoms with Gasteiger partial charge in [-0.25, -0.2) is 4.68 Å². The van der Waals surface area contributed by atoms with Gasteiger partial charge >= 0.3 is 6.18 Å². The highest BCUT2D eigenvalue weighted by molar-refractivity contribution is 9.10. The summed E-state index contributed by atoms with van der Waals surface area (Å²) in [6.07, 6.45) is -0.242. The van der Waals surface area contributed by atoms with Gasteiger partial charge < -0.3 is 4.74 Å². The van der Waals surface area contributed by atoms with Crippen LogP contribution in [0.15, 0.2) is 22.8 Å². The summed E-state index contributed by atoms with van der Waals surface area (Å²) >= 11 is 3.04. The predicted octanol–water partition coefficient (Wildman–Crippen LogP) is 4.52. The lowest BCUT2D eigenvalue weighted by molar-refractivity contribution is -0.138. The van der Waals surface area contributed by atoms with E-state index in [0.29, 0.717) is 17.5 Å². The molecule has 1 fully saturated rings. The van der Waals surface area contributed by atoms with Gasteiger partial charge in [0.2, 0.25) is 0 Å². The highest BCUT2D eigenvalue weighted by Crippen LogP contribution is 2.39. The van der Waals surface area contributed by atoms with Crippen LogP contribution in [0.25, 0.3) is 10.9 Å². The van der Waals surface area contributed by atoms with E-state index in [1.54, 1.807) is 4.68 Å². The number of fused-ring (bicyclic) bond motifs is 1. The van der Waals surface area contributed by atoms with Gasteiger partial charge in [-0.15, -0.1) is 0 Å². The Kier molecular flexibility index (Phi) is 3.50. The van der Waals surface area contributed by atoms with Crippen molar-refractivity contribution in [3.63, 3.8) is 0 Å². The number of benzene rings is 1. The second kappa shape index (κ2) is 5.04. The monoisotopic (exact) mass is 348 g/mol. The summed E-state index contributed by atoms with van der Waals surface area (Å²) in [6, 6.07) is 2.53. The molecule has 108 valence electrons. The maximum absolute atomic E-state index is 12.9. The minimum atomic E-state index is -4.38. The summed E-state index contributed by atoms with van der Waals surface area (Å²) in [5.41, 5.74) is -0.0362. The Labute approximate surface area is 121 Å². The van der Waals surface area contributed by atoms with E-state index in [0.717, 1.165) is 25.3 Å². The molecule has 1 saturated heterocycles. The number of halogens is 4. The molecule has 3 nitrogen and oxygen atoms in total. The number of hydrogen-bond donors (Lipinski definition) is 0. The van der Waals surface area contributed by atoms with Gasteiger partial charge in [0.25, 0.3) is 0 Å². The molecule has 20 heavy (non-hydrogen) atoms. The molecule has 0 saturated carbocycles. The topological polar surface area (TPSA) is 27.1 Å². The first-order valence-electron chi connectivity index (χ1n) is 6.33. The molecule has 1 aliphatic rings. The molecule has 1 aromatic heterocycles. The average molecular weight is 349 g/mol. The number of rotatable bonds is 1. The van der Waals surface area contributed by atoms with E-state index in [-0.39, 0.29) is 10.7 Å². The van der Waals surface area contributed by atoms with Gasteiger partial charge in [-0.3, -0.25) is 0 Å². The van der Waals surface area contributed by atoms with Crippen LogP contribution >= 0.6 is 15.9 Å². The molecule has 0 bridgehead atoms. The first kappa shape index (κ1) is 13.9. The predicted molar refractivity (Wildman–Crippen MR) is 71.3 cm³/mol. The Hall–Kier alpha value is -1.08. The zero-order chi connectivity index (χ0) is 14.3. The van der Waals surface area contributed by atoms with Crippen LogP contribution in [-0.2, 0) is 10.9 Å². The quantitative estimate of drug-likeness (QED) is 0.757. The lowest BCUT2D eigenvalue weighted by Gasteiger charge is -2.23. The lowest BCUT2D eigenvalue weighted by Crippen LogP contribution is -2.19. The number of hydrogen-bond acceptors (Lipinski definition) is 2. The zero-order valence-electron chi connectivity index (χ0n) is 10.5. The minimum Gasteiger partial charge on any atom is -0.356 e. The SMILES string of the molecule is FC(F)(F)c1ccc2c(cnn2[C@@H]2CCCCO2)c1Br. The molecule has 1 atom stereocenters. The standard InChI is InChI=1S/C13H12BrF3N2O/c14-12-8-7-18-19(11-3-1-2-6-20-11)10(8)5-4-9(12)13(15,16)17/h4-5,7,11H,1-3,6H2/t11-/m0/s1. The van der Waals surface area contributed by atoms with Crippen LogP contribution in [0.1, 0.15) is 31.1 Å². The molecule has 0 aliphatic carbocycles. The van der Waals surface area contributed by atoms with E-state index in [1.807, 2.05) is 0 Å². The van der Waals surface area contributed by atoms with Gasteiger partial charge in [0.15, 0.2) is 6.23 Å². The fourth-order valence-electron chi connectivity index (χ4n) is 2.45. The van der Waals surface area contributed by atoms with Crippen molar-refractivity contribution in [3.8, 4) is 0 Å². The van der Waals surface area contributed by atoms with Crippen LogP contribution in [0.4, 0.5) is 13.2 Å². The van der Waals surface area contributed by atoms with Gasteiger partial charge in [-0.05, 0) is 47.3 Å². The van der Waals surface area contributed by atoms with E-state index >= 15 is 0 Å². The molecule has 7 heteroatoms.